The summed E-state index contributed by atoms with van der Waals surface area (Å²) in [5.41, 5.74) is 10.8. The smallest absolute Gasteiger partial charge is 0.125 e. The van der Waals surface area contributed by atoms with Crippen LogP contribution in [0.15, 0.2) is 0 Å². The van der Waals surface area contributed by atoms with Gasteiger partial charge in [0.2, 0.25) is 0 Å². The number of methoxy groups -OCH3 is 2. The molecule has 1 aromatic rings. The predicted octanol–water partition coefficient (Wildman–Crippen LogP) is 2.17. The van der Waals surface area contributed by atoms with Gasteiger partial charge in [0, 0.05) is 17.2 Å². The van der Waals surface area contributed by atoms with Crippen LogP contribution in [0.3, 0.4) is 0 Å². The van der Waals surface area contributed by atoms with E-state index < -0.39 is 0 Å². The molecule has 0 amide bonds. The van der Waals surface area contributed by atoms with Gasteiger partial charge < -0.3 is 15.2 Å². The third-order valence-corrected chi connectivity index (χ3v) is 3.50. The zero-order valence-electron chi connectivity index (χ0n) is 10.8. The van der Waals surface area contributed by atoms with E-state index in [1.54, 1.807) is 14.2 Å². The lowest BCUT2D eigenvalue weighted by molar-refractivity contribution is 0.392. The number of nitrogens with two attached hydrogens (primary N) is 1. The molecule has 0 atom stereocenters. The topological polar surface area (TPSA) is 44.5 Å². The molecular formula is C13H20ClNO2. The van der Waals surface area contributed by atoms with Gasteiger partial charge >= 0.3 is 0 Å². The first-order valence-electron chi connectivity index (χ1n) is 5.58. The van der Waals surface area contributed by atoms with Crippen molar-refractivity contribution in [2.24, 2.45) is 5.73 Å². The molecule has 1 aliphatic rings. The molecule has 0 saturated carbocycles. The molecule has 0 fully saturated rings. The number of halogens is 1. The molecule has 4 heteroatoms. The molecule has 0 unspecified atom stereocenters. The van der Waals surface area contributed by atoms with Crippen LogP contribution in [0.2, 0.25) is 0 Å². The van der Waals surface area contributed by atoms with Gasteiger partial charge in [0.1, 0.15) is 11.5 Å². The van der Waals surface area contributed by atoms with Crippen LogP contribution >= 0.6 is 12.4 Å². The summed E-state index contributed by atoms with van der Waals surface area (Å²) in [7, 11) is 3.44. The van der Waals surface area contributed by atoms with E-state index in [9.17, 15) is 0 Å². The summed E-state index contributed by atoms with van der Waals surface area (Å²) in [4.78, 5) is 0. The fourth-order valence-electron chi connectivity index (χ4n) is 2.65. The highest BCUT2D eigenvalue weighted by Crippen LogP contribution is 2.42. The lowest BCUT2D eigenvalue weighted by atomic mass is 9.98. The summed E-state index contributed by atoms with van der Waals surface area (Å²) < 4.78 is 11.0. The van der Waals surface area contributed by atoms with E-state index in [2.05, 4.69) is 13.8 Å². The van der Waals surface area contributed by atoms with Gasteiger partial charge in [-0.25, -0.2) is 0 Å². The van der Waals surface area contributed by atoms with Gasteiger partial charge in [-0.05, 0) is 37.8 Å². The van der Waals surface area contributed by atoms with Crippen molar-refractivity contribution in [3.63, 3.8) is 0 Å². The molecule has 1 aliphatic carbocycles. The molecule has 2 N–H and O–H groups in total. The van der Waals surface area contributed by atoms with E-state index in [4.69, 9.17) is 15.2 Å². The van der Waals surface area contributed by atoms with Gasteiger partial charge in [0.15, 0.2) is 0 Å². The van der Waals surface area contributed by atoms with E-state index in [0.29, 0.717) is 0 Å². The van der Waals surface area contributed by atoms with Crippen molar-refractivity contribution in [2.45, 2.75) is 32.7 Å². The number of hydrogen-bond acceptors (Lipinski definition) is 3. The van der Waals surface area contributed by atoms with Crippen molar-refractivity contribution in [1.82, 2.24) is 0 Å². The molecular weight excluding hydrogens is 238 g/mol. The molecule has 0 spiro atoms. The maximum atomic E-state index is 6.02. The Kier molecular flexibility index (Phi) is 4.28. The first kappa shape index (κ1) is 14.1. The average molecular weight is 258 g/mol. The van der Waals surface area contributed by atoms with Crippen LogP contribution in [0.4, 0.5) is 0 Å². The number of hydrogen-bond donors (Lipinski definition) is 1. The highest BCUT2D eigenvalue weighted by Gasteiger charge is 2.28. The summed E-state index contributed by atoms with van der Waals surface area (Å²) in [6.07, 6.45) is 1.77. The molecule has 17 heavy (non-hydrogen) atoms. The summed E-state index contributed by atoms with van der Waals surface area (Å²) in [5, 5.41) is 0. The zero-order valence-corrected chi connectivity index (χ0v) is 11.6. The number of fused-ring (bicyclic) bond motifs is 1. The minimum atomic E-state index is 0. The van der Waals surface area contributed by atoms with Gasteiger partial charge in [0.25, 0.3) is 0 Å². The van der Waals surface area contributed by atoms with E-state index >= 15 is 0 Å². The van der Waals surface area contributed by atoms with Crippen molar-refractivity contribution in [3.05, 3.63) is 22.3 Å². The highest BCUT2D eigenvalue weighted by atomic mass is 35.5. The zero-order chi connectivity index (χ0) is 11.9. The Morgan fingerprint density at radius 3 is 1.59 bits per heavy atom. The van der Waals surface area contributed by atoms with E-state index in [0.717, 1.165) is 35.5 Å². The Labute approximate surface area is 109 Å². The van der Waals surface area contributed by atoms with Crippen LogP contribution in [0.5, 0.6) is 11.5 Å². The summed E-state index contributed by atoms with van der Waals surface area (Å²) >= 11 is 0. The molecule has 0 heterocycles. The van der Waals surface area contributed by atoms with Crippen molar-refractivity contribution in [3.8, 4) is 11.5 Å². The van der Waals surface area contributed by atoms with Crippen LogP contribution in [0.1, 0.15) is 22.3 Å². The SMILES string of the molecule is COc1c(C)c(C)c(OC)c2c1CC(N)C2.Cl. The number of benzene rings is 1. The third-order valence-electron chi connectivity index (χ3n) is 3.50. The van der Waals surface area contributed by atoms with Gasteiger partial charge in [-0.1, -0.05) is 0 Å². The fraction of sp³-hybridized carbons (Fsp3) is 0.538. The van der Waals surface area contributed by atoms with Crippen molar-refractivity contribution >= 4 is 12.4 Å². The van der Waals surface area contributed by atoms with Crippen LogP contribution in [-0.2, 0) is 12.8 Å². The maximum absolute atomic E-state index is 6.02. The first-order chi connectivity index (χ1) is 7.60. The minimum Gasteiger partial charge on any atom is -0.496 e. The summed E-state index contributed by atoms with van der Waals surface area (Å²) in [5.74, 6) is 1.97. The fourth-order valence-corrected chi connectivity index (χ4v) is 2.65. The minimum absolute atomic E-state index is 0. The molecule has 3 nitrogen and oxygen atoms in total. The van der Waals surface area contributed by atoms with Crippen molar-refractivity contribution in [2.75, 3.05) is 14.2 Å². The molecule has 0 aromatic heterocycles. The van der Waals surface area contributed by atoms with Gasteiger partial charge in [0.05, 0.1) is 14.2 Å². The summed E-state index contributed by atoms with van der Waals surface area (Å²) in [6.45, 7) is 4.14. The second kappa shape index (κ2) is 5.15. The Morgan fingerprint density at radius 2 is 1.29 bits per heavy atom. The number of ether oxygens (including phenoxy) is 2. The third kappa shape index (κ3) is 2.09. The molecule has 96 valence electrons. The van der Waals surface area contributed by atoms with Gasteiger partial charge in [-0.15, -0.1) is 12.4 Å². The first-order valence-corrected chi connectivity index (χ1v) is 5.58. The highest BCUT2D eigenvalue weighted by molar-refractivity contribution is 5.85. The standard InChI is InChI=1S/C13H19NO2.ClH/c1-7-8(2)13(16-4)11-6-9(14)5-10(11)12(7)15-3;/h9H,5-6,14H2,1-4H3;1H. The Hall–Kier alpha value is -0.930. The maximum Gasteiger partial charge on any atom is 0.125 e. The molecule has 0 saturated heterocycles. The second-order valence-corrected chi connectivity index (χ2v) is 4.44. The van der Waals surface area contributed by atoms with Crippen LogP contribution in [0, 0.1) is 13.8 Å². The quantitative estimate of drug-likeness (QED) is 0.883. The van der Waals surface area contributed by atoms with Crippen LogP contribution < -0.4 is 15.2 Å². The van der Waals surface area contributed by atoms with Crippen LogP contribution in [-0.4, -0.2) is 20.3 Å². The summed E-state index contributed by atoms with van der Waals surface area (Å²) in [6, 6.07) is 0.194. The second-order valence-electron chi connectivity index (χ2n) is 4.44. The predicted molar refractivity (Wildman–Crippen MR) is 71.7 cm³/mol. The average Bonchev–Trinajstić information content (AvgIpc) is 2.62. The molecule has 1 aromatic carbocycles. The molecule has 0 radical (unpaired) electrons. The molecule has 2 rings (SSSR count). The number of rotatable bonds is 2. The monoisotopic (exact) mass is 257 g/mol. The van der Waals surface area contributed by atoms with E-state index in [1.165, 1.54) is 11.1 Å². The Bertz CT molecular complexity index is 393. The van der Waals surface area contributed by atoms with E-state index in [-0.39, 0.29) is 18.4 Å². The lowest BCUT2D eigenvalue weighted by Crippen LogP contribution is -2.19. The van der Waals surface area contributed by atoms with Crippen molar-refractivity contribution in [1.29, 1.82) is 0 Å². The van der Waals surface area contributed by atoms with Gasteiger partial charge in [-0.2, -0.15) is 0 Å². The Morgan fingerprint density at radius 1 is 0.941 bits per heavy atom. The van der Waals surface area contributed by atoms with Crippen molar-refractivity contribution < 1.29 is 9.47 Å². The van der Waals surface area contributed by atoms with E-state index in [1.807, 2.05) is 0 Å². The van der Waals surface area contributed by atoms with Gasteiger partial charge in [-0.3, -0.25) is 0 Å². The largest absolute Gasteiger partial charge is 0.496 e. The molecule has 0 bridgehead atoms. The van der Waals surface area contributed by atoms with Crippen LogP contribution in [0.25, 0.3) is 0 Å². The Balaban J connectivity index is 0.00000144. The normalized spacial score (nSPS) is 14.2. The molecule has 0 aliphatic heterocycles. The lowest BCUT2D eigenvalue weighted by Gasteiger charge is -2.17.